The average molecular weight is 554 g/mol. The molecule has 0 spiro atoms. The summed E-state index contributed by atoms with van der Waals surface area (Å²) in [6, 6.07) is 3.06. The number of sulfonamides is 2. The molecule has 2 aromatic rings. The van der Waals surface area contributed by atoms with Crippen molar-refractivity contribution in [2.45, 2.75) is 75.9 Å². The number of benzene rings is 1. The minimum absolute atomic E-state index is 0.0629. The van der Waals surface area contributed by atoms with Gasteiger partial charge in [-0.3, -0.25) is 4.72 Å². The van der Waals surface area contributed by atoms with E-state index in [1.807, 2.05) is 0 Å². The molecule has 3 rings (SSSR count). The molecule has 1 saturated carbocycles. The van der Waals surface area contributed by atoms with Crippen molar-refractivity contribution in [2.75, 3.05) is 11.0 Å². The molecule has 0 atom stereocenters. The van der Waals surface area contributed by atoms with E-state index in [9.17, 15) is 30.0 Å². The number of hydrogen-bond acceptors (Lipinski definition) is 6. The van der Waals surface area contributed by atoms with Crippen molar-refractivity contribution in [3.8, 4) is 10.4 Å². The normalized spacial score (nSPS) is 16.4. The van der Waals surface area contributed by atoms with Gasteiger partial charge in [0.15, 0.2) is 5.13 Å². The molecule has 1 heterocycles. The van der Waals surface area contributed by atoms with Crippen molar-refractivity contribution >= 4 is 36.5 Å². The Hall–Kier alpha value is -1.70. The Bertz CT molecular complexity index is 1280. The Morgan fingerprint density at radius 1 is 1.06 bits per heavy atom. The molecule has 1 aliphatic rings. The van der Waals surface area contributed by atoms with E-state index in [-0.39, 0.29) is 10.7 Å². The van der Waals surface area contributed by atoms with Crippen molar-refractivity contribution in [1.82, 2.24) is 9.71 Å². The number of nitrogens with one attached hydrogen (secondary N) is 2. The molecule has 0 aliphatic heterocycles. The highest BCUT2D eigenvalue weighted by Crippen LogP contribution is 2.41. The van der Waals surface area contributed by atoms with Crippen LogP contribution >= 0.6 is 11.3 Å². The third-order valence-corrected chi connectivity index (χ3v) is 9.03. The minimum Gasteiger partial charge on any atom is -0.259 e. The smallest absolute Gasteiger partial charge is 0.259 e. The minimum atomic E-state index is -4.93. The van der Waals surface area contributed by atoms with Gasteiger partial charge in [0, 0.05) is 5.54 Å². The predicted molar refractivity (Wildman–Crippen MR) is 131 cm³/mol. The van der Waals surface area contributed by atoms with Crippen LogP contribution < -0.4 is 9.44 Å². The second-order valence-electron chi connectivity index (χ2n) is 9.94. The first kappa shape index (κ1) is 27.9. The summed E-state index contributed by atoms with van der Waals surface area (Å²) in [6.45, 7) is 4.62. The zero-order chi connectivity index (χ0) is 26.2. The Kier molecular flexibility index (Phi) is 7.95. The predicted octanol–water partition coefficient (Wildman–Crippen LogP) is 5.40. The molecule has 1 fully saturated rings. The highest BCUT2D eigenvalue weighted by Gasteiger charge is 2.39. The largest absolute Gasteiger partial charge is 0.417 e. The first-order valence-corrected chi connectivity index (χ1v) is 15.4. The van der Waals surface area contributed by atoms with Crippen LogP contribution in [0.25, 0.3) is 10.4 Å². The van der Waals surface area contributed by atoms with E-state index in [1.54, 1.807) is 0 Å². The molecule has 35 heavy (non-hydrogen) atoms. The van der Waals surface area contributed by atoms with Gasteiger partial charge in [0.2, 0.25) is 20.0 Å². The number of anilines is 1. The number of aromatic nitrogens is 1. The fraction of sp³-hybridized carbons (Fsp3) is 0.591. The number of nitrogens with zero attached hydrogens (tertiary/aromatic N) is 1. The number of hydrogen-bond donors (Lipinski definition) is 2. The van der Waals surface area contributed by atoms with Crippen molar-refractivity contribution in [1.29, 1.82) is 0 Å². The Balaban J connectivity index is 2.12. The highest BCUT2D eigenvalue weighted by atomic mass is 32.2. The summed E-state index contributed by atoms with van der Waals surface area (Å²) < 4.78 is 95.6. The molecule has 0 bridgehead atoms. The maximum absolute atomic E-state index is 14.0. The van der Waals surface area contributed by atoms with Crippen molar-refractivity contribution in [2.24, 2.45) is 5.92 Å². The van der Waals surface area contributed by atoms with Gasteiger partial charge < -0.3 is 0 Å². The van der Waals surface area contributed by atoms with E-state index >= 15 is 0 Å². The lowest BCUT2D eigenvalue weighted by molar-refractivity contribution is -0.139. The van der Waals surface area contributed by atoms with Gasteiger partial charge in [-0.15, -0.1) is 0 Å². The van der Waals surface area contributed by atoms with E-state index in [2.05, 4.69) is 14.4 Å². The maximum Gasteiger partial charge on any atom is 0.417 e. The molecule has 13 heteroatoms. The van der Waals surface area contributed by atoms with Crippen molar-refractivity contribution < 1.29 is 30.0 Å². The fourth-order valence-corrected chi connectivity index (χ4v) is 7.62. The van der Waals surface area contributed by atoms with Gasteiger partial charge in [0.1, 0.15) is 0 Å². The van der Waals surface area contributed by atoms with Crippen LogP contribution in [-0.4, -0.2) is 33.6 Å². The molecule has 0 radical (unpaired) electrons. The van der Waals surface area contributed by atoms with Gasteiger partial charge in [-0.05, 0) is 50.8 Å². The Labute approximate surface area is 208 Å². The van der Waals surface area contributed by atoms with Crippen LogP contribution in [0.15, 0.2) is 23.1 Å². The number of thiazole rings is 1. The van der Waals surface area contributed by atoms with Crippen LogP contribution in [0.3, 0.4) is 0 Å². The summed E-state index contributed by atoms with van der Waals surface area (Å²) in [7, 11) is -8.10. The van der Waals surface area contributed by atoms with E-state index in [0.717, 1.165) is 61.8 Å². The molecule has 2 N–H and O–H groups in total. The third kappa shape index (κ3) is 7.64. The van der Waals surface area contributed by atoms with E-state index in [0.29, 0.717) is 22.9 Å². The van der Waals surface area contributed by atoms with Gasteiger partial charge in [0.25, 0.3) is 0 Å². The van der Waals surface area contributed by atoms with Crippen LogP contribution in [-0.2, 0) is 32.6 Å². The monoisotopic (exact) mass is 553 g/mol. The van der Waals surface area contributed by atoms with Gasteiger partial charge in [0.05, 0.1) is 27.3 Å². The third-order valence-electron chi connectivity index (χ3n) is 5.45. The molecule has 196 valence electrons. The first-order chi connectivity index (χ1) is 15.9. The molecule has 0 saturated heterocycles. The molecular weight excluding hydrogens is 523 g/mol. The van der Waals surface area contributed by atoms with Gasteiger partial charge in [-0.1, -0.05) is 49.5 Å². The van der Waals surface area contributed by atoms with E-state index < -0.39 is 42.2 Å². The molecule has 1 aromatic heterocycles. The summed E-state index contributed by atoms with van der Waals surface area (Å²) in [4.78, 5) is 3.92. The van der Waals surface area contributed by atoms with Crippen molar-refractivity contribution in [3.63, 3.8) is 0 Å². The summed E-state index contributed by atoms with van der Waals surface area (Å²) >= 11 is 0.937. The number of alkyl halides is 3. The zero-order valence-electron chi connectivity index (χ0n) is 20.0. The quantitative estimate of drug-likeness (QED) is 0.478. The van der Waals surface area contributed by atoms with Crippen LogP contribution in [0.4, 0.5) is 18.3 Å². The number of rotatable bonds is 7. The van der Waals surface area contributed by atoms with Gasteiger partial charge in [-0.25, -0.2) is 26.5 Å². The summed E-state index contributed by atoms with van der Waals surface area (Å²) in [5.74, 6) is 0.299. The molecule has 1 aromatic carbocycles. The lowest BCUT2D eigenvalue weighted by atomic mass is 9.85. The lowest BCUT2D eigenvalue weighted by Gasteiger charge is -2.23. The molecule has 0 unspecified atom stereocenters. The Morgan fingerprint density at radius 3 is 2.23 bits per heavy atom. The fourth-order valence-electron chi connectivity index (χ4n) is 4.17. The molecular formula is C22H30F3N3O4S3. The zero-order valence-corrected chi connectivity index (χ0v) is 22.4. The summed E-state index contributed by atoms with van der Waals surface area (Å²) in [6.07, 6.45) is 1.73. The second kappa shape index (κ2) is 9.98. The average Bonchev–Trinajstić information content (AvgIpc) is 3.06. The summed E-state index contributed by atoms with van der Waals surface area (Å²) in [5, 5.41) is 0.0629. The molecule has 0 amide bonds. The van der Waals surface area contributed by atoms with Gasteiger partial charge in [-0.2, -0.15) is 13.2 Å². The summed E-state index contributed by atoms with van der Waals surface area (Å²) in [5.41, 5.74) is -1.62. The van der Waals surface area contributed by atoms with Crippen LogP contribution in [0.5, 0.6) is 0 Å². The van der Waals surface area contributed by atoms with Crippen LogP contribution in [0.2, 0.25) is 0 Å². The topological polar surface area (TPSA) is 105 Å². The molecule has 1 aliphatic carbocycles. The Morgan fingerprint density at radius 2 is 1.69 bits per heavy atom. The maximum atomic E-state index is 14.0. The van der Waals surface area contributed by atoms with Gasteiger partial charge >= 0.3 is 6.18 Å². The van der Waals surface area contributed by atoms with E-state index in [1.165, 1.54) is 26.8 Å². The highest BCUT2D eigenvalue weighted by molar-refractivity contribution is 7.92. The standard InChI is InChI=1S/C22H30F3N3O4S3/c1-21(2,3)28-35(31,32)18-11-10-15(13-16(18)22(23,24)25)19-17(12-14-8-6-5-7-9-14)26-20(33-19)27-34(4,29)30/h10-11,13-14,28H,5-9,12H2,1-4H3,(H,26,27). The second-order valence-corrected chi connectivity index (χ2v) is 14.3. The number of halogens is 3. The lowest BCUT2D eigenvalue weighted by Crippen LogP contribution is -2.41. The SMILES string of the molecule is CC(C)(C)NS(=O)(=O)c1ccc(-c2sc(NS(C)(=O)=O)nc2CC2CCCCC2)cc1C(F)(F)F. The van der Waals surface area contributed by atoms with Crippen molar-refractivity contribution in [3.05, 3.63) is 29.5 Å². The van der Waals surface area contributed by atoms with E-state index in [4.69, 9.17) is 0 Å². The van der Waals surface area contributed by atoms with Crippen LogP contribution in [0, 0.1) is 5.92 Å². The van der Waals surface area contributed by atoms with Crippen LogP contribution in [0.1, 0.15) is 64.1 Å². The first-order valence-electron chi connectivity index (χ1n) is 11.2. The molecule has 7 nitrogen and oxygen atoms in total.